The highest BCUT2D eigenvalue weighted by molar-refractivity contribution is 7.22. The highest BCUT2D eigenvalue weighted by Crippen LogP contribution is 2.66. The van der Waals surface area contributed by atoms with Crippen LogP contribution in [-0.2, 0) is 5.41 Å². The average Bonchev–Trinajstić information content (AvgIpc) is 3.76. The van der Waals surface area contributed by atoms with Crippen molar-refractivity contribution >= 4 is 38.5 Å². The molecular weight excluding hydrogens is 587 g/mol. The minimum atomic E-state index is -0.366. The van der Waals surface area contributed by atoms with Gasteiger partial charge in [-0.25, -0.2) is 0 Å². The first-order valence-electron chi connectivity index (χ1n) is 16.2. The zero-order chi connectivity index (χ0) is 31.0. The number of thiophene rings is 1. The van der Waals surface area contributed by atoms with Crippen molar-refractivity contribution in [3.05, 3.63) is 198 Å². The number of fused-ring (bicyclic) bond motifs is 12. The lowest BCUT2D eigenvalue weighted by Gasteiger charge is -2.31. The zero-order valence-corrected chi connectivity index (χ0v) is 26.4. The maximum absolute atomic E-state index is 2.44. The Morgan fingerprint density at radius 3 is 1.83 bits per heavy atom. The molecule has 0 amide bonds. The number of hydrogen-bond donors (Lipinski definition) is 0. The molecule has 1 spiro atoms. The predicted octanol–water partition coefficient (Wildman–Crippen LogP) is 12.4. The van der Waals surface area contributed by atoms with E-state index in [9.17, 15) is 0 Å². The molecule has 2 heteroatoms. The Balaban J connectivity index is 1.26. The summed E-state index contributed by atoms with van der Waals surface area (Å²) in [7, 11) is 0. The molecule has 0 radical (unpaired) electrons. The fourth-order valence-electron chi connectivity index (χ4n) is 8.26. The third-order valence-corrected chi connectivity index (χ3v) is 11.3. The molecule has 1 atom stereocenters. The van der Waals surface area contributed by atoms with Gasteiger partial charge in [-0.1, -0.05) is 140 Å². The second-order valence-corrected chi connectivity index (χ2v) is 13.5. The van der Waals surface area contributed by atoms with E-state index in [4.69, 9.17) is 0 Å². The molecular formula is C45H29NS. The summed E-state index contributed by atoms with van der Waals surface area (Å²) in [5.74, 6) is 0. The summed E-state index contributed by atoms with van der Waals surface area (Å²) < 4.78 is 1.35. The van der Waals surface area contributed by atoms with Gasteiger partial charge in [0.05, 0.1) is 11.1 Å². The molecule has 1 heterocycles. The fraction of sp³-hybridized carbons (Fsp3) is 0.0222. The van der Waals surface area contributed by atoms with Crippen molar-refractivity contribution in [3.63, 3.8) is 0 Å². The van der Waals surface area contributed by atoms with Crippen LogP contribution in [0, 0.1) is 0 Å². The van der Waals surface area contributed by atoms with Gasteiger partial charge in [0.2, 0.25) is 0 Å². The van der Waals surface area contributed by atoms with E-state index in [2.05, 4.69) is 181 Å². The van der Waals surface area contributed by atoms with E-state index in [0.717, 1.165) is 17.1 Å². The van der Waals surface area contributed by atoms with Crippen molar-refractivity contribution in [3.8, 4) is 32.7 Å². The van der Waals surface area contributed by atoms with E-state index < -0.39 is 0 Å². The van der Waals surface area contributed by atoms with Gasteiger partial charge in [-0.2, -0.15) is 0 Å². The average molecular weight is 616 g/mol. The van der Waals surface area contributed by atoms with E-state index in [1.54, 1.807) is 0 Å². The lowest BCUT2D eigenvalue weighted by atomic mass is 9.70. The quantitative estimate of drug-likeness (QED) is 0.190. The second kappa shape index (κ2) is 10.2. The lowest BCUT2D eigenvalue weighted by molar-refractivity contribution is 0.802. The van der Waals surface area contributed by atoms with Crippen molar-refractivity contribution < 1.29 is 0 Å². The van der Waals surface area contributed by atoms with Crippen molar-refractivity contribution in [1.82, 2.24) is 0 Å². The van der Waals surface area contributed by atoms with Crippen LogP contribution in [0.25, 0.3) is 42.8 Å². The first kappa shape index (κ1) is 26.5. The largest absolute Gasteiger partial charge is 0.310 e. The summed E-state index contributed by atoms with van der Waals surface area (Å²) in [6.45, 7) is 0. The number of anilines is 3. The SMILES string of the molecule is c1ccc(-c2ccccc2N(c2ccccc2)c2ccc3c(c2)-c2ccccc2C32c3ccccc3-c3sc4ccccc4c32)cc1. The molecule has 1 unspecified atom stereocenters. The Morgan fingerprint density at radius 1 is 0.426 bits per heavy atom. The lowest BCUT2D eigenvalue weighted by Crippen LogP contribution is -2.25. The zero-order valence-electron chi connectivity index (χ0n) is 25.6. The van der Waals surface area contributed by atoms with Gasteiger partial charge in [0.1, 0.15) is 0 Å². The molecule has 2 aliphatic carbocycles. The summed E-state index contributed by atoms with van der Waals surface area (Å²) in [4.78, 5) is 3.82. The normalized spacial score (nSPS) is 15.3. The minimum Gasteiger partial charge on any atom is -0.310 e. The van der Waals surface area contributed by atoms with Gasteiger partial charge >= 0.3 is 0 Å². The molecule has 2 aliphatic rings. The number of benzene rings is 7. The van der Waals surface area contributed by atoms with Gasteiger partial charge in [-0.05, 0) is 86.3 Å². The molecule has 7 aromatic carbocycles. The predicted molar refractivity (Wildman–Crippen MR) is 198 cm³/mol. The third-order valence-electron chi connectivity index (χ3n) is 10.1. The molecule has 47 heavy (non-hydrogen) atoms. The molecule has 220 valence electrons. The molecule has 0 N–H and O–H groups in total. The van der Waals surface area contributed by atoms with Crippen molar-refractivity contribution in [2.24, 2.45) is 0 Å². The van der Waals surface area contributed by atoms with Gasteiger partial charge in [0.15, 0.2) is 0 Å². The van der Waals surface area contributed by atoms with E-state index in [0.29, 0.717) is 0 Å². The summed E-state index contributed by atoms with van der Waals surface area (Å²) in [6, 6.07) is 64.6. The topological polar surface area (TPSA) is 3.24 Å². The maximum atomic E-state index is 2.44. The van der Waals surface area contributed by atoms with Crippen LogP contribution in [0.2, 0.25) is 0 Å². The Bertz CT molecular complexity index is 2470. The Hall–Kier alpha value is -5.70. The summed E-state index contributed by atoms with van der Waals surface area (Å²) in [5, 5.41) is 1.36. The van der Waals surface area contributed by atoms with Crippen LogP contribution in [0.4, 0.5) is 17.1 Å². The highest BCUT2D eigenvalue weighted by Gasteiger charge is 2.53. The monoisotopic (exact) mass is 615 g/mol. The van der Waals surface area contributed by atoms with E-state index >= 15 is 0 Å². The molecule has 0 aliphatic heterocycles. The smallest absolute Gasteiger partial charge is 0.0740 e. The van der Waals surface area contributed by atoms with Crippen LogP contribution in [0.1, 0.15) is 22.3 Å². The number of nitrogens with zero attached hydrogens (tertiary/aromatic N) is 1. The van der Waals surface area contributed by atoms with Gasteiger partial charge in [0, 0.05) is 26.5 Å². The van der Waals surface area contributed by atoms with Gasteiger partial charge < -0.3 is 4.90 Å². The number of hydrogen-bond acceptors (Lipinski definition) is 2. The number of rotatable bonds is 4. The number of para-hydroxylation sites is 2. The first-order valence-corrected chi connectivity index (χ1v) is 17.0. The highest BCUT2D eigenvalue weighted by atomic mass is 32.1. The van der Waals surface area contributed by atoms with Gasteiger partial charge in [-0.3, -0.25) is 0 Å². The Labute approximate surface area is 278 Å². The van der Waals surface area contributed by atoms with Crippen molar-refractivity contribution in [2.45, 2.75) is 5.41 Å². The minimum absolute atomic E-state index is 0.366. The van der Waals surface area contributed by atoms with Crippen LogP contribution in [0.15, 0.2) is 176 Å². The summed E-state index contributed by atoms with van der Waals surface area (Å²) in [6.07, 6.45) is 0. The van der Waals surface area contributed by atoms with Crippen molar-refractivity contribution in [2.75, 3.05) is 4.90 Å². The third kappa shape index (κ3) is 3.65. The van der Waals surface area contributed by atoms with Crippen LogP contribution >= 0.6 is 11.3 Å². The second-order valence-electron chi connectivity index (χ2n) is 12.4. The van der Waals surface area contributed by atoms with Crippen LogP contribution in [-0.4, -0.2) is 0 Å². The van der Waals surface area contributed by atoms with Crippen LogP contribution in [0.5, 0.6) is 0 Å². The molecule has 8 aromatic rings. The molecule has 10 rings (SSSR count). The Kier molecular flexibility index (Phi) is 5.73. The standard InChI is InChI=1S/C45H29NS/c1-3-15-30(16-4-1)33-19-9-13-25-41(33)46(31-17-5-2-6-18-31)32-27-28-40-37(29-32)34-20-7-11-23-38(34)45(40)39-24-12-8-21-35(39)44-43(45)36-22-10-14-26-42(36)47-44/h1-29H. The van der Waals surface area contributed by atoms with E-state index in [1.165, 1.54) is 65.0 Å². The fourth-order valence-corrected chi connectivity index (χ4v) is 9.56. The van der Waals surface area contributed by atoms with Gasteiger partial charge in [0.25, 0.3) is 0 Å². The van der Waals surface area contributed by atoms with Crippen LogP contribution in [0.3, 0.4) is 0 Å². The molecule has 0 fully saturated rings. The molecule has 1 nitrogen and oxygen atoms in total. The Morgan fingerprint density at radius 2 is 1.02 bits per heavy atom. The maximum Gasteiger partial charge on any atom is 0.0740 e. The van der Waals surface area contributed by atoms with E-state index in [-0.39, 0.29) is 5.41 Å². The summed E-state index contributed by atoms with van der Waals surface area (Å²) >= 11 is 1.93. The molecule has 0 saturated heterocycles. The summed E-state index contributed by atoms with van der Waals surface area (Å²) in [5.41, 5.74) is 15.0. The molecule has 0 saturated carbocycles. The molecule has 0 bridgehead atoms. The van der Waals surface area contributed by atoms with Crippen LogP contribution < -0.4 is 4.90 Å². The molecule has 1 aromatic heterocycles. The first-order chi connectivity index (χ1) is 23.3. The van der Waals surface area contributed by atoms with Gasteiger partial charge in [-0.15, -0.1) is 11.3 Å². The van der Waals surface area contributed by atoms with Crippen molar-refractivity contribution in [1.29, 1.82) is 0 Å². The van der Waals surface area contributed by atoms with E-state index in [1.807, 2.05) is 11.3 Å².